The highest BCUT2D eigenvalue weighted by atomic mass is 19.4. The Morgan fingerprint density at radius 1 is 1.18 bits per heavy atom. The summed E-state index contributed by atoms with van der Waals surface area (Å²) < 4.78 is 36.9. The number of rotatable bonds is 4. The summed E-state index contributed by atoms with van der Waals surface area (Å²) in [6.07, 6.45) is -3.24. The van der Waals surface area contributed by atoms with Gasteiger partial charge in [0.2, 0.25) is 5.91 Å². The van der Waals surface area contributed by atoms with Gasteiger partial charge in [0.05, 0.1) is 6.54 Å². The van der Waals surface area contributed by atoms with Gasteiger partial charge in [-0.1, -0.05) is 12.1 Å². The zero-order valence-corrected chi connectivity index (χ0v) is 12.3. The fourth-order valence-electron chi connectivity index (χ4n) is 2.57. The number of halogens is 3. The molecule has 0 aliphatic carbocycles. The topological polar surface area (TPSA) is 49.6 Å². The Labute approximate surface area is 127 Å². The van der Waals surface area contributed by atoms with E-state index in [1.807, 2.05) is 18.2 Å². The summed E-state index contributed by atoms with van der Waals surface area (Å²) >= 11 is 0. The van der Waals surface area contributed by atoms with Crippen LogP contribution in [0.5, 0.6) is 0 Å². The summed E-state index contributed by atoms with van der Waals surface area (Å²) in [5.41, 5.74) is 7.33. The summed E-state index contributed by atoms with van der Waals surface area (Å²) in [4.78, 5) is 15.1. The molecule has 0 radical (unpaired) electrons. The lowest BCUT2D eigenvalue weighted by Crippen LogP contribution is -2.50. The molecule has 0 bridgehead atoms. The number of piperazine rings is 1. The minimum absolute atomic E-state index is 0.0194. The SMILES string of the molecule is Nc1cccc(CCC(=O)N2CCN(CC(F)(F)F)CC2)c1. The number of hydrogen-bond donors (Lipinski definition) is 1. The van der Waals surface area contributed by atoms with Crippen LogP contribution < -0.4 is 5.73 Å². The van der Waals surface area contributed by atoms with Crippen molar-refractivity contribution in [3.63, 3.8) is 0 Å². The van der Waals surface area contributed by atoms with Crippen LogP contribution in [0.2, 0.25) is 0 Å². The van der Waals surface area contributed by atoms with Crippen molar-refractivity contribution in [2.24, 2.45) is 0 Å². The average Bonchev–Trinajstić information content (AvgIpc) is 2.44. The van der Waals surface area contributed by atoms with E-state index >= 15 is 0 Å². The van der Waals surface area contributed by atoms with Crippen LogP contribution >= 0.6 is 0 Å². The number of nitrogens with zero attached hydrogens (tertiary/aromatic N) is 2. The van der Waals surface area contributed by atoms with Crippen LogP contribution in [0.25, 0.3) is 0 Å². The number of anilines is 1. The third-order valence-corrected chi connectivity index (χ3v) is 3.71. The van der Waals surface area contributed by atoms with E-state index in [1.165, 1.54) is 4.90 Å². The number of benzene rings is 1. The number of alkyl halides is 3. The lowest BCUT2D eigenvalue weighted by Gasteiger charge is -2.35. The lowest BCUT2D eigenvalue weighted by molar-refractivity contribution is -0.151. The van der Waals surface area contributed by atoms with Crippen LogP contribution in [-0.4, -0.2) is 54.6 Å². The number of amides is 1. The van der Waals surface area contributed by atoms with Gasteiger partial charge in [-0.2, -0.15) is 13.2 Å². The second-order valence-corrected chi connectivity index (χ2v) is 5.52. The van der Waals surface area contributed by atoms with Crippen LogP contribution in [0.15, 0.2) is 24.3 Å². The van der Waals surface area contributed by atoms with Gasteiger partial charge in [0.1, 0.15) is 0 Å². The average molecular weight is 315 g/mol. The van der Waals surface area contributed by atoms with Crippen molar-refractivity contribution in [2.45, 2.75) is 19.0 Å². The Morgan fingerprint density at radius 2 is 1.86 bits per heavy atom. The molecular formula is C15H20F3N3O. The van der Waals surface area contributed by atoms with Crippen molar-refractivity contribution in [3.8, 4) is 0 Å². The number of carbonyl (C=O) groups excluding carboxylic acids is 1. The molecule has 1 amide bonds. The molecule has 2 rings (SSSR count). The van der Waals surface area contributed by atoms with Crippen molar-refractivity contribution in [1.82, 2.24) is 9.80 Å². The molecule has 1 saturated heterocycles. The van der Waals surface area contributed by atoms with Crippen molar-refractivity contribution >= 4 is 11.6 Å². The summed E-state index contributed by atoms with van der Waals surface area (Å²) in [7, 11) is 0. The van der Waals surface area contributed by atoms with E-state index in [0.717, 1.165) is 5.56 Å². The summed E-state index contributed by atoms with van der Waals surface area (Å²) in [6, 6.07) is 7.36. The first-order chi connectivity index (χ1) is 10.3. The first kappa shape index (κ1) is 16.6. The molecule has 1 aliphatic heterocycles. The van der Waals surface area contributed by atoms with Gasteiger partial charge in [-0.05, 0) is 24.1 Å². The highest BCUT2D eigenvalue weighted by Gasteiger charge is 2.32. The maximum absolute atomic E-state index is 12.3. The van der Waals surface area contributed by atoms with E-state index in [4.69, 9.17) is 5.73 Å². The smallest absolute Gasteiger partial charge is 0.399 e. The minimum atomic E-state index is -4.18. The van der Waals surface area contributed by atoms with E-state index < -0.39 is 12.7 Å². The van der Waals surface area contributed by atoms with E-state index in [9.17, 15) is 18.0 Å². The van der Waals surface area contributed by atoms with Crippen molar-refractivity contribution in [3.05, 3.63) is 29.8 Å². The molecule has 1 heterocycles. The zero-order valence-electron chi connectivity index (χ0n) is 12.3. The van der Waals surface area contributed by atoms with Gasteiger partial charge in [0, 0.05) is 38.3 Å². The van der Waals surface area contributed by atoms with Crippen molar-refractivity contribution in [2.75, 3.05) is 38.5 Å². The van der Waals surface area contributed by atoms with E-state index in [2.05, 4.69) is 0 Å². The second kappa shape index (κ2) is 7.00. The summed E-state index contributed by atoms with van der Waals surface area (Å²) in [5.74, 6) is -0.0194. The minimum Gasteiger partial charge on any atom is -0.399 e. The normalized spacial score (nSPS) is 16.8. The number of carbonyl (C=O) groups is 1. The van der Waals surface area contributed by atoms with Gasteiger partial charge in [-0.25, -0.2) is 0 Å². The number of nitrogens with two attached hydrogens (primary N) is 1. The molecule has 4 nitrogen and oxygen atoms in total. The van der Waals surface area contributed by atoms with Gasteiger partial charge in [0.25, 0.3) is 0 Å². The molecule has 0 aromatic heterocycles. The van der Waals surface area contributed by atoms with Gasteiger partial charge >= 0.3 is 6.18 Å². The monoisotopic (exact) mass is 315 g/mol. The number of hydrogen-bond acceptors (Lipinski definition) is 3. The molecule has 22 heavy (non-hydrogen) atoms. The van der Waals surface area contributed by atoms with Crippen molar-refractivity contribution < 1.29 is 18.0 Å². The van der Waals surface area contributed by atoms with Crippen molar-refractivity contribution in [1.29, 1.82) is 0 Å². The maximum atomic E-state index is 12.3. The fourth-order valence-corrected chi connectivity index (χ4v) is 2.57. The summed E-state index contributed by atoms with van der Waals surface area (Å²) in [5, 5.41) is 0. The maximum Gasteiger partial charge on any atom is 0.401 e. The van der Waals surface area contributed by atoms with E-state index in [1.54, 1.807) is 11.0 Å². The predicted molar refractivity (Wildman–Crippen MR) is 78.3 cm³/mol. The molecule has 1 aromatic carbocycles. The molecule has 122 valence electrons. The number of aryl methyl sites for hydroxylation is 1. The summed E-state index contributed by atoms with van der Waals surface area (Å²) in [6.45, 7) is 0.336. The predicted octanol–water partition coefficient (Wildman–Crippen LogP) is 1.91. The standard InChI is InChI=1S/C15H20F3N3O/c16-15(17,18)11-20-6-8-21(9-7-20)14(22)5-4-12-2-1-3-13(19)10-12/h1-3,10H,4-9,11,19H2. The Bertz CT molecular complexity index is 511. The first-order valence-electron chi connectivity index (χ1n) is 7.25. The molecule has 0 spiro atoms. The molecule has 0 atom stereocenters. The Balaban J connectivity index is 1.75. The third-order valence-electron chi connectivity index (χ3n) is 3.71. The third kappa shape index (κ3) is 5.22. The van der Waals surface area contributed by atoms with Crippen LogP contribution in [0.1, 0.15) is 12.0 Å². The largest absolute Gasteiger partial charge is 0.401 e. The highest BCUT2D eigenvalue weighted by Crippen LogP contribution is 2.18. The van der Waals surface area contributed by atoms with Crippen LogP contribution in [0.3, 0.4) is 0 Å². The second-order valence-electron chi connectivity index (χ2n) is 5.52. The molecule has 1 fully saturated rings. The Hall–Kier alpha value is -1.76. The van der Waals surface area contributed by atoms with Crippen LogP contribution in [0, 0.1) is 0 Å². The van der Waals surface area contributed by atoms with Gasteiger partial charge in [-0.15, -0.1) is 0 Å². The quantitative estimate of drug-likeness (QED) is 0.864. The van der Waals surface area contributed by atoms with Crippen LogP contribution in [0.4, 0.5) is 18.9 Å². The molecular weight excluding hydrogens is 295 g/mol. The molecule has 1 aliphatic rings. The lowest BCUT2D eigenvalue weighted by atomic mass is 10.1. The number of nitrogen functional groups attached to an aromatic ring is 1. The highest BCUT2D eigenvalue weighted by molar-refractivity contribution is 5.76. The first-order valence-corrected chi connectivity index (χ1v) is 7.25. The van der Waals surface area contributed by atoms with Gasteiger partial charge in [-0.3, -0.25) is 9.69 Å². The van der Waals surface area contributed by atoms with Gasteiger partial charge < -0.3 is 10.6 Å². The molecule has 0 unspecified atom stereocenters. The van der Waals surface area contributed by atoms with E-state index in [0.29, 0.717) is 31.6 Å². The van der Waals surface area contributed by atoms with Crippen LogP contribution in [-0.2, 0) is 11.2 Å². The molecule has 1 aromatic rings. The van der Waals surface area contributed by atoms with E-state index in [-0.39, 0.29) is 19.0 Å². The zero-order chi connectivity index (χ0) is 16.2. The Morgan fingerprint density at radius 3 is 2.45 bits per heavy atom. The Kier molecular flexibility index (Phi) is 5.28. The molecule has 2 N–H and O–H groups in total. The van der Waals surface area contributed by atoms with Gasteiger partial charge in [0.15, 0.2) is 0 Å². The molecule has 7 heteroatoms. The fraction of sp³-hybridized carbons (Fsp3) is 0.533. The molecule has 0 saturated carbocycles.